The highest BCUT2D eigenvalue weighted by molar-refractivity contribution is 14.1. The summed E-state index contributed by atoms with van der Waals surface area (Å²) in [6.45, 7) is 0. The van der Waals surface area contributed by atoms with Crippen molar-refractivity contribution in [3.63, 3.8) is 0 Å². The summed E-state index contributed by atoms with van der Waals surface area (Å²) < 4.78 is 61.1. The molecule has 1 heterocycles. The Morgan fingerprint density at radius 1 is 1.33 bits per heavy atom. The highest BCUT2D eigenvalue weighted by atomic mass is 127. The van der Waals surface area contributed by atoms with Crippen molar-refractivity contribution in [2.45, 2.75) is 12.6 Å². The standard InChI is InChI=1S/C7H2ClF5IN/c8-4-2(14)1-3(6(9)10)15-5(4)7(11,12)13/h1,6H. The molecule has 0 spiro atoms. The van der Waals surface area contributed by atoms with E-state index in [0.717, 1.165) is 6.07 Å². The highest BCUT2D eigenvalue weighted by Gasteiger charge is 2.37. The van der Waals surface area contributed by atoms with Gasteiger partial charge in [0.25, 0.3) is 6.43 Å². The molecule has 0 aliphatic heterocycles. The van der Waals surface area contributed by atoms with Crippen LogP contribution >= 0.6 is 34.2 Å². The van der Waals surface area contributed by atoms with E-state index in [1.165, 1.54) is 22.6 Å². The molecule has 0 fully saturated rings. The van der Waals surface area contributed by atoms with Gasteiger partial charge in [-0.15, -0.1) is 0 Å². The van der Waals surface area contributed by atoms with Crippen molar-refractivity contribution in [2.75, 3.05) is 0 Å². The zero-order chi connectivity index (χ0) is 11.8. The Labute approximate surface area is 99.8 Å². The fraction of sp³-hybridized carbons (Fsp3) is 0.286. The Hall–Kier alpha value is -0.180. The van der Waals surface area contributed by atoms with Crippen molar-refractivity contribution in [2.24, 2.45) is 0 Å². The SMILES string of the molecule is FC(F)c1cc(I)c(Cl)c(C(F)(F)F)n1. The van der Waals surface area contributed by atoms with Gasteiger partial charge in [-0.1, -0.05) is 11.6 Å². The van der Waals surface area contributed by atoms with Gasteiger partial charge in [0.1, 0.15) is 5.69 Å². The maximum absolute atomic E-state index is 12.3. The van der Waals surface area contributed by atoms with E-state index in [2.05, 4.69) is 4.98 Å². The minimum atomic E-state index is -4.83. The van der Waals surface area contributed by atoms with Crippen molar-refractivity contribution in [1.29, 1.82) is 0 Å². The molecule has 1 aromatic rings. The Bertz CT molecular complexity index is 378. The van der Waals surface area contributed by atoms with Crippen LogP contribution in [-0.2, 0) is 6.18 Å². The van der Waals surface area contributed by atoms with Crippen molar-refractivity contribution >= 4 is 34.2 Å². The van der Waals surface area contributed by atoms with Crippen LogP contribution in [0.25, 0.3) is 0 Å². The Balaban J connectivity index is 3.38. The van der Waals surface area contributed by atoms with Gasteiger partial charge < -0.3 is 0 Å². The fourth-order valence-corrected chi connectivity index (χ4v) is 1.59. The quantitative estimate of drug-likeness (QED) is 0.540. The average molecular weight is 357 g/mol. The molecule has 0 saturated heterocycles. The van der Waals surface area contributed by atoms with Gasteiger partial charge in [-0.05, 0) is 28.7 Å². The molecule has 1 rings (SSSR count). The summed E-state index contributed by atoms with van der Waals surface area (Å²) in [7, 11) is 0. The van der Waals surface area contributed by atoms with E-state index in [9.17, 15) is 22.0 Å². The zero-order valence-electron chi connectivity index (χ0n) is 6.75. The molecule has 15 heavy (non-hydrogen) atoms. The molecule has 0 atom stereocenters. The maximum atomic E-state index is 12.3. The maximum Gasteiger partial charge on any atom is 0.434 e. The molecule has 0 unspecified atom stereocenters. The van der Waals surface area contributed by atoms with Gasteiger partial charge >= 0.3 is 6.18 Å². The summed E-state index contributed by atoms with van der Waals surface area (Å²) in [5.41, 5.74) is -2.41. The number of rotatable bonds is 1. The number of hydrogen-bond acceptors (Lipinski definition) is 1. The number of alkyl halides is 5. The minimum Gasteiger partial charge on any atom is -0.241 e. The molecule has 0 bridgehead atoms. The lowest BCUT2D eigenvalue weighted by atomic mass is 10.3. The molecule has 0 aliphatic rings. The molecule has 0 aromatic carbocycles. The molecule has 84 valence electrons. The number of pyridine rings is 1. The normalized spacial score (nSPS) is 12.3. The van der Waals surface area contributed by atoms with E-state index >= 15 is 0 Å². The Morgan fingerprint density at radius 3 is 2.27 bits per heavy atom. The molecule has 0 aliphatic carbocycles. The van der Waals surface area contributed by atoms with Gasteiger partial charge in [-0.3, -0.25) is 0 Å². The smallest absolute Gasteiger partial charge is 0.241 e. The Kier molecular flexibility index (Phi) is 3.75. The summed E-state index contributed by atoms with van der Waals surface area (Å²) in [5, 5.41) is -0.660. The van der Waals surface area contributed by atoms with Crippen molar-refractivity contribution in [3.8, 4) is 0 Å². The molecule has 0 amide bonds. The number of nitrogens with zero attached hydrogens (tertiary/aromatic N) is 1. The third-order valence-corrected chi connectivity index (χ3v) is 2.98. The van der Waals surface area contributed by atoms with Gasteiger partial charge in [0, 0.05) is 3.57 Å². The summed E-state index contributed by atoms with van der Waals surface area (Å²) >= 11 is 6.76. The first-order valence-electron chi connectivity index (χ1n) is 3.44. The molecule has 0 saturated carbocycles. The van der Waals surface area contributed by atoms with E-state index < -0.39 is 29.0 Å². The third-order valence-electron chi connectivity index (χ3n) is 1.43. The summed E-state index contributed by atoms with van der Waals surface area (Å²) in [6.07, 6.45) is -7.89. The third kappa shape index (κ3) is 2.90. The molecule has 0 N–H and O–H groups in total. The van der Waals surface area contributed by atoms with Crippen LogP contribution in [0.4, 0.5) is 22.0 Å². The van der Waals surface area contributed by atoms with Gasteiger partial charge in [0.15, 0.2) is 5.69 Å². The van der Waals surface area contributed by atoms with Crippen LogP contribution in [-0.4, -0.2) is 4.98 Å². The number of halogens is 7. The summed E-state index contributed by atoms with van der Waals surface area (Å²) in [5.74, 6) is 0. The fourth-order valence-electron chi connectivity index (χ4n) is 0.816. The second-order valence-electron chi connectivity index (χ2n) is 2.49. The monoisotopic (exact) mass is 357 g/mol. The lowest BCUT2D eigenvalue weighted by Gasteiger charge is -2.10. The Morgan fingerprint density at radius 2 is 1.87 bits per heavy atom. The van der Waals surface area contributed by atoms with Gasteiger partial charge in [0.05, 0.1) is 5.02 Å². The predicted molar refractivity (Wildman–Crippen MR) is 51.9 cm³/mol. The number of hydrogen-bond donors (Lipinski definition) is 0. The predicted octanol–water partition coefficient (Wildman–Crippen LogP) is 4.30. The number of aromatic nitrogens is 1. The van der Waals surface area contributed by atoms with E-state index in [1.54, 1.807) is 0 Å². The van der Waals surface area contributed by atoms with Crippen molar-refractivity contribution < 1.29 is 22.0 Å². The van der Waals surface area contributed by atoms with Gasteiger partial charge in [-0.25, -0.2) is 13.8 Å². The lowest BCUT2D eigenvalue weighted by molar-refractivity contribution is -0.141. The summed E-state index contributed by atoms with van der Waals surface area (Å²) in [4.78, 5) is 2.79. The first-order valence-corrected chi connectivity index (χ1v) is 4.90. The van der Waals surface area contributed by atoms with Gasteiger partial charge in [-0.2, -0.15) is 13.2 Å². The van der Waals surface area contributed by atoms with Crippen LogP contribution < -0.4 is 0 Å². The van der Waals surface area contributed by atoms with Crippen molar-refractivity contribution in [1.82, 2.24) is 4.98 Å². The van der Waals surface area contributed by atoms with Gasteiger partial charge in [0.2, 0.25) is 0 Å². The van der Waals surface area contributed by atoms with Crippen LogP contribution in [0.2, 0.25) is 5.02 Å². The van der Waals surface area contributed by atoms with Crippen LogP contribution in [0.3, 0.4) is 0 Å². The van der Waals surface area contributed by atoms with E-state index in [4.69, 9.17) is 11.6 Å². The summed E-state index contributed by atoms with van der Waals surface area (Å²) in [6, 6.07) is 0.822. The second kappa shape index (κ2) is 4.36. The van der Waals surface area contributed by atoms with E-state index in [-0.39, 0.29) is 3.57 Å². The highest BCUT2D eigenvalue weighted by Crippen LogP contribution is 2.36. The first-order chi connectivity index (χ1) is 6.73. The largest absolute Gasteiger partial charge is 0.434 e. The second-order valence-corrected chi connectivity index (χ2v) is 4.03. The molecular weight excluding hydrogens is 355 g/mol. The average Bonchev–Trinajstić information content (AvgIpc) is 2.06. The molecular formula is C7H2ClF5IN. The van der Waals surface area contributed by atoms with Crippen LogP contribution in [0.15, 0.2) is 6.07 Å². The van der Waals surface area contributed by atoms with E-state index in [1.807, 2.05) is 0 Å². The molecule has 1 nitrogen and oxygen atoms in total. The van der Waals surface area contributed by atoms with E-state index in [0.29, 0.717) is 0 Å². The lowest BCUT2D eigenvalue weighted by Crippen LogP contribution is -2.11. The molecule has 8 heteroatoms. The van der Waals surface area contributed by atoms with Crippen molar-refractivity contribution in [3.05, 3.63) is 26.0 Å². The zero-order valence-corrected chi connectivity index (χ0v) is 9.66. The van der Waals surface area contributed by atoms with Crippen LogP contribution in [0.5, 0.6) is 0 Å². The van der Waals surface area contributed by atoms with Crippen LogP contribution in [0, 0.1) is 3.57 Å². The topological polar surface area (TPSA) is 12.9 Å². The molecule has 1 aromatic heterocycles. The molecule has 0 radical (unpaired) electrons. The van der Waals surface area contributed by atoms with Crippen LogP contribution in [0.1, 0.15) is 17.8 Å². The first kappa shape index (κ1) is 12.9. The minimum absolute atomic E-state index is 0.105.